The van der Waals surface area contributed by atoms with Crippen molar-refractivity contribution < 1.29 is 29.1 Å². The average molecular weight is 535 g/mol. The number of benzene rings is 1. The molecule has 0 saturated carbocycles. The molecule has 4 unspecified atom stereocenters. The van der Waals surface area contributed by atoms with Gasteiger partial charge in [0.1, 0.15) is 18.1 Å². The number of carboxylic acid groups (broad SMARTS) is 1. The molecule has 0 aliphatic rings. The topological polar surface area (TPSA) is 220 Å². The number of hydrogen-bond acceptors (Lipinski definition) is 7. The second kappa shape index (κ2) is 17.1. The quantitative estimate of drug-likeness (QED) is 0.122. The summed E-state index contributed by atoms with van der Waals surface area (Å²) in [4.78, 5) is 61.7. The van der Waals surface area contributed by atoms with E-state index in [-0.39, 0.29) is 38.0 Å². The van der Waals surface area contributed by atoms with E-state index in [2.05, 4.69) is 16.0 Å². The van der Waals surface area contributed by atoms with Crippen LogP contribution in [0.5, 0.6) is 0 Å². The maximum atomic E-state index is 13.2. The number of primary amides is 1. The molecular formula is C26H42N6O6. The zero-order valence-corrected chi connectivity index (χ0v) is 22.2. The highest BCUT2D eigenvalue weighted by Crippen LogP contribution is 2.10. The van der Waals surface area contributed by atoms with Crippen LogP contribution in [-0.2, 0) is 30.4 Å². The van der Waals surface area contributed by atoms with Gasteiger partial charge in [-0.25, -0.2) is 4.79 Å². The summed E-state index contributed by atoms with van der Waals surface area (Å²) in [6.45, 7) is 4.13. The molecule has 38 heavy (non-hydrogen) atoms. The van der Waals surface area contributed by atoms with Crippen LogP contribution in [0.25, 0.3) is 0 Å². The molecule has 0 bridgehead atoms. The molecule has 0 saturated heterocycles. The molecule has 0 aliphatic heterocycles. The van der Waals surface area contributed by atoms with Crippen molar-refractivity contribution in [3.63, 3.8) is 0 Å². The lowest BCUT2D eigenvalue weighted by molar-refractivity contribution is -0.142. The van der Waals surface area contributed by atoms with Crippen molar-refractivity contribution in [3.8, 4) is 0 Å². The minimum absolute atomic E-state index is 0.0136. The van der Waals surface area contributed by atoms with Crippen molar-refractivity contribution >= 4 is 29.6 Å². The summed E-state index contributed by atoms with van der Waals surface area (Å²) in [5, 5.41) is 17.5. The van der Waals surface area contributed by atoms with Crippen LogP contribution in [0, 0.1) is 5.92 Å². The van der Waals surface area contributed by atoms with Crippen molar-refractivity contribution in [1.29, 1.82) is 0 Å². The average Bonchev–Trinajstić information content (AvgIpc) is 2.85. The molecule has 4 atom stereocenters. The summed E-state index contributed by atoms with van der Waals surface area (Å²) in [5.41, 5.74) is 17.3. The maximum Gasteiger partial charge on any atom is 0.326 e. The van der Waals surface area contributed by atoms with Gasteiger partial charge in [0.05, 0.1) is 6.04 Å². The second-order valence-electron chi connectivity index (χ2n) is 9.74. The monoisotopic (exact) mass is 534 g/mol. The van der Waals surface area contributed by atoms with E-state index in [1.165, 1.54) is 0 Å². The van der Waals surface area contributed by atoms with E-state index in [4.69, 9.17) is 17.2 Å². The van der Waals surface area contributed by atoms with Crippen LogP contribution in [0.2, 0.25) is 0 Å². The molecule has 1 aromatic rings. The van der Waals surface area contributed by atoms with Crippen LogP contribution in [-0.4, -0.2) is 65.4 Å². The van der Waals surface area contributed by atoms with Crippen LogP contribution in [0.15, 0.2) is 30.3 Å². The summed E-state index contributed by atoms with van der Waals surface area (Å²) >= 11 is 0. The van der Waals surface area contributed by atoms with Gasteiger partial charge < -0.3 is 38.3 Å². The minimum Gasteiger partial charge on any atom is -0.480 e. The van der Waals surface area contributed by atoms with Gasteiger partial charge in [0.25, 0.3) is 0 Å². The molecule has 10 N–H and O–H groups in total. The predicted molar refractivity (Wildman–Crippen MR) is 142 cm³/mol. The molecule has 12 nitrogen and oxygen atoms in total. The van der Waals surface area contributed by atoms with Gasteiger partial charge in [-0.05, 0) is 50.1 Å². The summed E-state index contributed by atoms with van der Waals surface area (Å²) in [5.74, 6) is -3.65. The molecule has 0 aliphatic carbocycles. The van der Waals surface area contributed by atoms with E-state index in [0.717, 1.165) is 5.56 Å². The van der Waals surface area contributed by atoms with Gasteiger partial charge in [0.15, 0.2) is 0 Å². The van der Waals surface area contributed by atoms with E-state index in [0.29, 0.717) is 19.4 Å². The van der Waals surface area contributed by atoms with Crippen LogP contribution < -0.4 is 33.2 Å². The van der Waals surface area contributed by atoms with Crippen molar-refractivity contribution in [3.05, 3.63) is 35.9 Å². The van der Waals surface area contributed by atoms with Gasteiger partial charge in [0, 0.05) is 12.8 Å². The Morgan fingerprint density at radius 2 is 1.42 bits per heavy atom. The van der Waals surface area contributed by atoms with Crippen LogP contribution in [0.3, 0.4) is 0 Å². The highest BCUT2D eigenvalue weighted by Gasteiger charge is 2.30. The number of carbonyl (C=O) groups is 5. The molecule has 4 amide bonds. The summed E-state index contributed by atoms with van der Waals surface area (Å²) < 4.78 is 0. The largest absolute Gasteiger partial charge is 0.480 e. The molecule has 1 rings (SSSR count). The Balaban J connectivity index is 2.99. The van der Waals surface area contributed by atoms with Gasteiger partial charge in [-0.2, -0.15) is 0 Å². The fraction of sp³-hybridized carbons (Fsp3) is 0.577. The predicted octanol–water partition coefficient (Wildman–Crippen LogP) is -0.464. The fourth-order valence-electron chi connectivity index (χ4n) is 3.77. The first kappa shape index (κ1) is 32.5. The zero-order chi connectivity index (χ0) is 28.7. The van der Waals surface area contributed by atoms with Crippen LogP contribution in [0.1, 0.15) is 57.9 Å². The Kier molecular flexibility index (Phi) is 14.6. The molecular weight excluding hydrogens is 492 g/mol. The molecule has 0 radical (unpaired) electrons. The van der Waals surface area contributed by atoms with Gasteiger partial charge in [-0.15, -0.1) is 0 Å². The lowest BCUT2D eigenvalue weighted by Crippen LogP contribution is -2.57. The highest BCUT2D eigenvalue weighted by molar-refractivity contribution is 5.94. The van der Waals surface area contributed by atoms with E-state index in [1.54, 1.807) is 30.3 Å². The SMILES string of the molecule is CC(C)CC(NC(=O)C(N)CCC(N)=O)C(=O)NC(CCCCN)C(=O)NC(Cc1ccccc1)C(=O)O. The third kappa shape index (κ3) is 12.6. The lowest BCUT2D eigenvalue weighted by atomic mass is 10.0. The van der Waals surface area contributed by atoms with E-state index >= 15 is 0 Å². The van der Waals surface area contributed by atoms with Crippen LogP contribution >= 0.6 is 0 Å². The number of rotatable bonds is 18. The number of nitrogens with two attached hydrogens (primary N) is 3. The van der Waals surface area contributed by atoms with Gasteiger partial charge in [-0.1, -0.05) is 44.2 Å². The molecule has 0 spiro atoms. The molecule has 1 aromatic carbocycles. The third-order valence-electron chi connectivity index (χ3n) is 5.86. The first-order chi connectivity index (χ1) is 17.9. The number of unbranched alkanes of at least 4 members (excludes halogenated alkanes) is 1. The first-order valence-corrected chi connectivity index (χ1v) is 12.9. The normalized spacial score (nSPS) is 14.1. The summed E-state index contributed by atoms with van der Waals surface area (Å²) in [6, 6.07) is 4.59. The van der Waals surface area contributed by atoms with Gasteiger partial charge in [-0.3, -0.25) is 19.2 Å². The minimum atomic E-state index is -1.20. The van der Waals surface area contributed by atoms with Crippen LogP contribution in [0.4, 0.5) is 0 Å². The second-order valence-corrected chi connectivity index (χ2v) is 9.74. The van der Waals surface area contributed by atoms with Crippen molar-refractivity contribution in [2.45, 2.75) is 83.0 Å². The Labute approximate surface area is 223 Å². The highest BCUT2D eigenvalue weighted by atomic mass is 16.4. The Morgan fingerprint density at radius 1 is 0.842 bits per heavy atom. The molecule has 212 valence electrons. The first-order valence-electron chi connectivity index (χ1n) is 12.9. The Morgan fingerprint density at radius 3 is 1.97 bits per heavy atom. The summed E-state index contributed by atoms with van der Waals surface area (Å²) in [7, 11) is 0. The Hall–Kier alpha value is -3.51. The number of amides is 4. The van der Waals surface area contributed by atoms with Crippen molar-refractivity contribution in [2.24, 2.45) is 23.1 Å². The number of hydrogen-bond donors (Lipinski definition) is 7. The number of nitrogens with one attached hydrogen (secondary N) is 3. The van der Waals surface area contributed by atoms with Crippen molar-refractivity contribution in [2.75, 3.05) is 6.54 Å². The fourth-order valence-corrected chi connectivity index (χ4v) is 3.77. The smallest absolute Gasteiger partial charge is 0.326 e. The lowest BCUT2D eigenvalue weighted by Gasteiger charge is -2.26. The molecule has 0 aromatic heterocycles. The van der Waals surface area contributed by atoms with E-state index < -0.39 is 53.8 Å². The Bertz CT molecular complexity index is 926. The van der Waals surface area contributed by atoms with E-state index in [1.807, 2.05) is 13.8 Å². The third-order valence-corrected chi connectivity index (χ3v) is 5.86. The van der Waals surface area contributed by atoms with Gasteiger partial charge >= 0.3 is 5.97 Å². The molecule has 0 fully saturated rings. The number of carbonyl (C=O) groups excluding carboxylic acids is 4. The standard InChI is InChI=1S/C26H42N6O6/c1-16(2)14-20(31-23(34)18(28)11-12-22(29)33)25(36)30-19(10-6-7-13-27)24(35)32-21(26(37)38)15-17-8-4-3-5-9-17/h3-5,8-9,16,18-21H,6-7,10-15,27-28H2,1-2H3,(H2,29,33)(H,30,36)(H,31,34)(H,32,35)(H,37,38). The van der Waals surface area contributed by atoms with E-state index in [9.17, 15) is 29.1 Å². The van der Waals surface area contributed by atoms with Gasteiger partial charge in [0.2, 0.25) is 23.6 Å². The molecule has 12 heteroatoms. The maximum absolute atomic E-state index is 13.2. The number of aliphatic carboxylic acids is 1. The summed E-state index contributed by atoms with van der Waals surface area (Å²) in [6.07, 6.45) is 1.64. The zero-order valence-electron chi connectivity index (χ0n) is 22.2. The van der Waals surface area contributed by atoms with Crippen molar-refractivity contribution in [1.82, 2.24) is 16.0 Å². The molecule has 0 heterocycles. The number of carboxylic acids is 1.